The Kier molecular flexibility index (Phi) is 6.15. The Balaban J connectivity index is 1.34. The summed E-state index contributed by atoms with van der Waals surface area (Å²) in [7, 11) is 1.76. The fraction of sp³-hybridized carbons (Fsp3) is 0.286. The van der Waals surface area contributed by atoms with Gasteiger partial charge in [-0.05, 0) is 36.8 Å². The quantitative estimate of drug-likeness (QED) is 0.541. The van der Waals surface area contributed by atoms with E-state index in [1.54, 1.807) is 18.3 Å². The van der Waals surface area contributed by atoms with E-state index in [2.05, 4.69) is 10.2 Å². The number of aromatic nitrogens is 3. The summed E-state index contributed by atoms with van der Waals surface area (Å²) in [4.78, 5) is 14.3. The molecule has 9 heteroatoms. The molecular formula is C21H21ClN4O3S. The number of hydrogen-bond donors (Lipinski definition) is 0. The van der Waals surface area contributed by atoms with Crippen LogP contribution < -0.4 is 9.47 Å². The number of ether oxygens (including phenoxy) is 2. The zero-order chi connectivity index (χ0) is 21.1. The lowest BCUT2D eigenvalue weighted by Gasteiger charge is -2.29. The molecule has 2 aromatic carbocycles. The molecule has 1 amide bonds. The van der Waals surface area contributed by atoms with Gasteiger partial charge in [0, 0.05) is 12.1 Å². The standard InChI is InChI=1S/C21H21ClN4O3S/c1-14-7-8-15(9-17(14)22)26-13-23-24-21(26)30-12-20(27)25(2)10-16-11-28-18-5-3-4-6-19(18)29-16/h3-9,13,16H,10-12H2,1-2H3. The minimum Gasteiger partial charge on any atom is -0.486 e. The third-order valence-electron chi connectivity index (χ3n) is 4.75. The van der Waals surface area contributed by atoms with Crippen molar-refractivity contribution in [2.75, 3.05) is 26.0 Å². The van der Waals surface area contributed by atoms with E-state index in [0.717, 1.165) is 17.0 Å². The number of halogens is 1. The van der Waals surface area contributed by atoms with Gasteiger partial charge in [-0.25, -0.2) is 0 Å². The summed E-state index contributed by atoms with van der Waals surface area (Å²) in [6, 6.07) is 13.3. The highest BCUT2D eigenvalue weighted by Gasteiger charge is 2.24. The monoisotopic (exact) mass is 444 g/mol. The third kappa shape index (κ3) is 4.55. The topological polar surface area (TPSA) is 69.5 Å². The summed E-state index contributed by atoms with van der Waals surface area (Å²) in [5.74, 6) is 1.64. The van der Waals surface area contributed by atoms with Gasteiger partial charge in [-0.15, -0.1) is 10.2 Å². The Hall–Kier alpha value is -2.71. The third-order valence-corrected chi connectivity index (χ3v) is 6.08. The van der Waals surface area contributed by atoms with Gasteiger partial charge in [0.1, 0.15) is 12.9 Å². The number of para-hydroxylation sites is 2. The van der Waals surface area contributed by atoms with Crippen molar-refractivity contribution < 1.29 is 14.3 Å². The Morgan fingerprint density at radius 1 is 1.30 bits per heavy atom. The lowest BCUT2D eigenvalue weighted by atomic mass is 10.2. The summed E-state index contributed by atoms with van der Waals surface area (Å²) < 4.78 is 13.5. The van der Waals surface area contributed by atoms with Crippen molar-refractivity contribution in [2.24, 2.45) is 0 Å². The zero-order valence-corrected chi connectivity index (χ0v) is 18.2. The van der Waals surface area contributed by atoms with Gasteiger partial charge in [0.05, 0.1) is 18.0 Å². The molecule has 0 saturated heterocycles. The molecular weight excluding hydrogens is 424 g/mol. The molecule has 1 aliphatic rings. The smallest absolute Gasteiger partial charge is 0.232 e. The van der Waals surface area contributed by atoms with Gasteiger partial charge in [0.15, 0.2) is 22.8 Å². The molecule has 7 nitrogen and oxygen atoms in total. The first-order valence-corrected chi connectivity index (χ1v) is 10.8. The fourth-order valence-corrected chi connectivity index (χ4v) is 4.07. The van der Waals surface area contributed by atoms with Gasteiger partial charge >= 0.3 is 0 Å². The molecule has 30 heavy (non-hydrogen) atoms. The number of benzene rings is 2. The van der Waals surface area contributed by atoms with Crippen LogP contribution in [0.1, 0.15) is 5.56 Å². The highest BCUT2D eigenvalue weighted by Crippen LogP contribution is 2.31. The molecule has 4 rings (SSSR count). The number of hydrogen-bond acceptors (Lipinski definition) is 6. The molecule has 0 saturated carbocycles. The molecule has 0 aliphatic carbocycles. The summed E-state index contributed by atoms with van der Waals surface area (Å²) >= 11 is 7.56. The van der Waals surface area contributed by atoms with Crippen LogP contribution in [0.5, 0.6) is 11.5 Å². The van der Waals surface area contributed by atoms with Crippen LogP contribution in [-0.2, 0) is 4.79 Å². The van der Waals surface area contributed by atoms with E-state index in [0.29, 0.717) is 29.1 Å². The van der Waals surface area contributed by atoms with Crippen LogP contribution >= 0.6 is 23.4 Å². The molecule has 1 atom stereocenters. The average molecular weight is 445 g/mol. The summed E-state index contributed by atoms with van der Waals surface area (Å²) in [5, 5.41) is 9.41. The lowest BCUT2D eigenvalue weighted by molar-refractivity contribution is -0.128. The van der Waals surface area contributed by atoms with Crippen LogP contribution in [0.4, 0.5) is 0 Å². The predicted octanol–water partition coefficient (Wildman–Crippen LogP) is 3.62. The van der Waals surface area contributed by atoms with Crippen LogP contribution in [0.25, 0.3) is 5.69 Å². The molecule has 2 heterocycles. The Morgan fingerprint density at radius 2 is 2.10 bits per heavy atom. The van der Waals surface area contributed by atoms with Gasteiger partial charge in [0.25, 0.3) is 0 Å². The first-order valence-electron chi connectivity index (χ1n) is 9.43. The number of aryl methyl sites for hydroxylation is 1. The highest BCUT2D eigenvalue weighted by atomic mass is 35.5. The van der Waals surface area contributed by atoms with Crippen molar-refractivity contribution >= 4 is 29.3 Å². The van der Waals surface area contributed by atoms with E-state index < -0.39 is 0 Å². The number of carbonyl (C=O) groups excluding carboxylic acids is 1. The molecule has 1 aliphatic heterocycles. The van der Waals surface area contributed by atoms with E-state index in [9.17, 15) is 4.79 Å². The zero-order valence-electron chi connectivity index (χ0n) is 16.6. The SMILES string of the molecule is Cc1ccc(-n2cnnc2SCC(=O)N(C)CC2COc3ccccc3O2)cc1Cl. The van der Waals surface area contributed by atoms with Crippen molar-refractivity contribution in [1.82, 2.24) is 19.7 Å². The summed E-state index contributed by atoms with van der Waals surface area (Å²) in [5.41, 5.74) is 1.85. The number of rotatable bonds is 6. The molecule has 1 aromatic heterocycles. The van der Waals surface area contributed by atoms with Crippen molar-refractivity contribution in [3.05, 3.63) is 59.4 Å². The minimum atomic E-state index is -0.211. The Labute approximate surface area is 183 Å². The maximum Gasteiger partial charge on any atom is 0.232 e. The van der Waals surface area contributed by atoms with E-state index in [1.165, 1.54) is 11.8 Å². The van der Waals surface area contributed by atoms with Crippen LogP contribution in [0.2, 0.25) is 5.02 Å². The fourth-order valence-electron chi connectivity index (χ4n) is 3.03. The van der Waals surface area contributed by atoms with Crippen LogP contribution in [-0.4, -0.2) is 57.6 Å². The predicted molar refractivity (Wildman–Crippen MR) is 116 cm³/mol. The van der Waals surface area contributed by atoms with Crippen molar-refractivity contribution in [1.29, 1.82) is 0 Å². The summed E-state index contributed by atoms with van der Waals surface area (Å²) in [6.45, 7) is 2.79. The first-order chi connectivity index (χ1) is 14.5. The second-order valence-corrected chi connectivity index (χ2v) is 8.33. The van der Waals surface area contributed by atoms with E-state index >= 15 is 0 Å². The number of amides is 1. The summed E-state index contributed by atoms with van der Waals surface area (Å²) in [6.07, 6.45) is 1.40. The van der Waals surface area contributed by atoms with E-state index in [4.69, 9.17) is 21.1 Å². The number of nitrogens with zero attached hydrogens (tertiary/aromatic N) is 4. The molecule has 0 bridgehead atoms. The van der Waals surface area contributed by atoms with Crippen molar-refractivity contribution in [3.8, 4) is 17.2 Å². The number of carbonyl (C=O) groups is 1. The first kappa shape index (κ1) is 20.6. The largest absolute Gasteiger partial charge is 0.486 e. The molecule has 3 aromatic rings. The number of likely N-dealkylation sites (N-methyl/N-ethyl adjacent to an activating group) is 1. The van der Waals surface area contributed by atoms with Crippen LogP contribution in [0, 0.1) is 6.92 Å². The van der Waals surface area contributed by atoms with E-state index in [1.807, 2.05) is 54.0 Å². The van der Waals surface area contributed by atoms with Gasteiger partial charge in [0.2, 0.25) is 5.91 Å². The highest BCUT2D eigenvalue weighted by molar-refractivity contribution is 7.99. The molecule has 1 unspecified atom stereocenters. The molecule has 0 N–H and O–H groups in total. The van der Waals surface area contributed by atoms with Gasteiger partial charge < -0.3 is 14.4 Å². The van der Waals surface area contributed by atoms with E-state index in [-0.39, 0.29) is 17.8 Å². The Morgan fingerprint density at radius 3 is 2.90 bits per heavy atom. The number of thioether (sulfide) groups is 1. The second-order valence-electron chi connectivity index (χ2n) is 6.98. The maximum atomic E-state index is 12.6. The van der Waals surface area contributed by atoms with Crippen molar-refractivity contribution in [2.45, 2.75) is 18.2 Å². The molecule has 0 fully saturated rings. The van der Waals surface area contributed by atoms with Crippen LogP contribution in [0.15, 0.2) is 53.9 Å². The number of fused-ring (bicyclic) bond motifs is 1. The van der Waals surface area contributed by atoms with Crippen LogP contribution in [0.3, 0.4) is 0 Å². The minimum absolute atomic E-state index is 0.0288. The van der Waals surface area contributed by atoms with Gasteiger partial charge in [-0.1, -0.05) is 41.6 Å². The van der Waals surface area contributed by atoms with Crippen molar-refractivity contribution in [3.63, 3.8) is 0 Å². The lowest BCUT2D eigenvalue weighted by Crippen LogP contribution is -2.42. The normalized spacial score (nSPS) is 15.1. The Bertz CT molecular complexity index is 1060. The van der Waals surface area contributed by atoms with Gasteiger partial charge in [-0.3, -0.25) is 9.36 Å². The second kappa shape index (κ2) is 8.97. The average Bonchev–Trinajstić information content (AvgIpc) is 3.22. The van der Waals surface area contributed by atoms with Gasteiger partial charge in [-0.2, -0.15) is 0 Å². The maximum absolute atomic E-state index is 12.6. The molecule has 0 spiro atoms. The molecule has 156 valence electrons. The molecule has 0 radical (unpaired) electrons.